The quantitative estimate of drug-likeness (QED) is 0.268. The summed E-state index contributed by atoms with van der Waals surface area (Å²) < 4.78 is 0. The summed E-state index contributed by atoms with van der Waals surface area (Å²) in [4.78, 5) is 18.3. The van der Waals surface area contributed by atoms with E-state index in [1.165, 1.54) is 5.56 Å². The van der Waals surface area contributed by atoms with Gasteiger partial charge in [0.15, 0.2) is 0 Å². The normalized spacial score (nSPS) is 14.6. The minimum absolute atomic E-state index is 0.271. The van der Waals surface area contributed by atoms with Crippen molar-refractivity contribution in [2.75, 3.05) is 36.8 Å². The molecule has 2 heterocycles. The maximum absolute atomic E-state index is 6.30. The molecule has 0 amide bonds. The minimum atomic E-state index is 0.271. The van der Waals surface area contributed by atoms with Gasteiger partial charge in [0, 0.05) is 49.1 Å². The predicted octanol–water partition coefficient (Wildman–Crippen LogP) is 5.38. The van der Waals surface area contributed by atoms with Gasteiger partial charge in [-0.3, -0.25) is 10.2 Å². The first kappa shape index (κ1) is 25.3. The summed E-state index contributed by atoms with van der Waals surface area (Å²) in [7, 11) is 0. The Bertz CT molecular complexity index is 1190. The van der Waals surface area contributed by atoms with Gasteiger partial charge in [0.1, 0.15) is 0 Å². The molecule has 1 aliphatic heterocycles. The molecule has 7 nitrogen and oxygen atoms in total. The molecule has 0 unspecified atom stereocenters. The molecule has 0 aliphatic carbocycles. The Balaban J connectivity index is 1.50. The van der Waals surface area contributed by atoms with Crippen molar-refractivity contribution in [1.82, 2.24) is 19.8 Å². The van der Waals surface area contributed by atoms with Gasteiger partial charge in [-0.25, -0.2) is 9.97 Å². The van der Waals surface area contributed by atoms with Crippen LogP contribution in [0.1, 0.15) is 17.0 Å². The van der Waals surface area contributed by atoms with Gasteiger partial charge in [-0.2, -0.15) is 4.99 Å². The molecule has 2 aromatic carbocycles. The number of halogens is 2. The fourth-order valence-electron chi connectivity index (χ4n) is 3.85. The Labute approximate surface area is 221 Å². The molecule has 4 rings (SSSR count). The lowest BCUT2D eigenvalue weighted by Crippen LogP contribution is -2.50. The first-order valence-corrected chi connectivity index (χ1v) is 12.5. The Morgan fingerprint density at radius 1 is 0.943 bits per heavy atom. The Hall–Kier alpha value is -2.78. The van der Waals surface area contributed by atoms with E-state index in [4.69, 9.17) is 35.4 Å². The van der Waals surface area contributed by atoms with Crippen molar-refractivity contribution in [3.63, 3.8) is 0 Å². The number of aryl methyl sites for hydroxylation is 2. The maximum Gasteiger partial charge on any atom is 0.229 e. The average Bonchev–Trinajstić information content (AvgIpc) is 2.81. The SMILES string of the molecule is Cc1cc(C)nc(N/C(=N/C(=S)Nc2ccc(Cl)cc2Cl)N2CCN(Cc3ccccc3)CC2)n1. The second-order valence-electron chi connectivity index (χ2n) is 8.34. The fraction of sp³-hybridized carbons (Fsp3) is 0.280. The highest BCUT2D eigenvalue weighted by Crippen LogP contribution is 2.25. The molecule has 0 radical (unpaired) electrons. The van der Waals surface area contributed by atoms with Crippen LogP contribution < -0.4 is 10.6 Å². The standard InChI is InChI=1S/C25H27Cl2N7S/c1-17-14-18(2)29-23(28-17)31-24(32-25(35)30-22-9-8-20(26)15-21(22)27)34-12-10-33(11-13-34)16-19-6-4-3-5-7-19/h3-9,14-15H,10-13,16H2,1-2H3,(H2,28,29,30,31,32,35). The third-order valence-corrected chi connectivity index (χ3v) is 6.25. The monoisotopic (exact) mass is 527 g/mol. The molecule has 10 heteroatoms. The molecule has 1 aromatic heterocycles. The van der Waals surface area contributed by atoms with Gasteiger partial charge in [-0.05, 0) is 55.9 Å². The van der Waals surface area contributed by atoms with Crippen molar-refractivity contribution < 1.29 is 0 Å². The molecule has 0 saturated carbocycles. The summed E-state index contributed by atoms with van der Waals surface area (Å²) in [6.07, 6.45) is 0. The summed E-state index contributed by atoms with van der Waals surface area (Å²) in [6, 6.07) is 17.6. The highest BCUT2D eigenvalue weighted by atomic mass is 35.5. The predicted molar refractivity (Wildman–Crippen MR) is 149 cm³/mol. The number of aromatic nitrogens is 2. The summed E-state index contributed by atoms with van der Waals surface area (Å²) >= 11 is 17.9. The third kappa shape index (κ3) is 7.35. The number of hydrogen-bond acceptors (Lipinski definition) is 4. The van der Waals surface area contributed by atoms with E-state index < -0.39 is 0 Å². The van der Waals surface area contributed by atoms with E-state index in [9.17, 15) is 0 Å². The number of hydrogen-bond donors (Lipinski definition) is 2. The molecule has 0 bridgehead atoms. The van der Waals surface area contributed by atoms with Gasteiger partial charge in [0.25, 0.3) is 0 Å². The van der Waals surface area contributed by atoms with Crippen LogP contribution in [0.25, 0.3) is 0 Å². The Morgan fingerprint density at radius 2 is 1.63 bits per heavy atom. The van der Waals surface area contributed by atoms with Crippen LogP contribution in [0.2, 0.25) is 10.0 Å². The summed E-state index contributed by atoms with van der Waals surface area (Å²) in [5.41, 5.74) is 3.70. The maximum atomic E-state index is 6.30. The number of guanidine groups is 1. The van der Waals surface area contributed by atoms with Gasteiger partial charge in [0.2, 0.25) is 17.0 Å². The van der Waals surface area contributed by atoms with E-state index in [1.54, 1.807) is 18.2 Å². The van der Waals surface area contributed by atoms with Crippen LogP contribution in [0, 0.1) is 13.8 Å². The zero-order valence-corrected chi connectivity index (χ0v) is 22.0. The van der Waals surface area contributed by atoms with E-state index in [0.717, 1.165) is 44.1 Å². The second kappa shape index (κ2) is 11.8. The molecule has 1 saturated heterocycles. The van der Waals surface area contributed by atoms with Gasteiger partial charge >= 0.3 is 0 Å². The van der Waals surface area contributed by atoms with Crippen LogP contribution in [0.3, 0.4) is 0 Å². The van der Waals surface area contributed by atoms with Crippen molar-refractivity contribution in [3.8, 4) is 0 Å². The van der Waals surface area contributed by atoms with Crippen molar-refractivity contribution in [2.45, 2.75) is 20.4 Å². The highest BCUT2D eigenvalue weighted by Gasteiger charge is 2.21. The number of benzene rings is 2. The first-order valence-electron chi connectivity index (χ1n) is 11.3. The van der Waals surface area contributed by atoms with Crippen molar-refractivity contribution in [3.05, 3.63) is 81.6 Å². The van der Waals surface area contributed by atoms with Crippen molar-refractivity contribution in [1.29, 1.82) is 0 Å². The Kier molecular flexibility index (Phi) is 8.51. The lowest BCUT2D eigenvalue weighted by Gasteiger charge is -2.36. The number of nitrogens with one attached hydrogen (secondary N) is 2. The molecular formula is C25H27Cl2N7S. The van der Waals surface area contributed by atoms with E-state index >= 15 is 0 Å². The van der Waals surface area contributed by atoms with Crippen molar-refractivity contribution >= 4 is 58.1 Å². The molecule has 1 aliphatic rings. The van der Waals surface area contributed by atoms with Crippen LogP contribution >= 0.6 is 35.4 Å². The topological polar surface area (TPSA) is 68.7 Å². The zero-order valence-electron chi connectivity index (χ0n) is 19.6. The van der Waals surface area contributed by atoms with E-state index in [-0.39, 0.29) is 5.11 Å². The number of anilines is 2. The van der Waals surface area contributed by atoms with Gasteiger partial charge < -0.3 is 10.2 Å². The molecular weight excluding hydrogens is 501 g/mol. The third-order valence-electron chi connectivity index (χ3n) is 5.51. The summed E-state index contributed by atoms with van der Waals surface area (Å²) in [5.74, 6) is 1.08. The van der Waals surface area contributed by atoms with Crippen LogP contribution in [-0.2, 0) is 6.54 Å². The lowest BCUT2D eigenvalue weighted by atomic mass is 10.2. The number of rotatable bonds is 4. The van der Waals surface area contributed by atoms with Gasteiger partial charge in [0.05, 0.1) is 10.7 Å². The smallest absolute Gasteiger partial charge is 0.229 e. The number of nitrogens with zero attached hydrogens (tertiary/aromatic N) is 5. The Morgan fingerprint density at radius 3 is 2.29 bits per heavy atom. The molecule has 0 atom stereocenters. The lowest BCUT2D eigenvalue weighted by molar-refractivity contribution is 0.175. The van der Waals surface area contributed by atoms with Crippen LogP contribution in [-0.4, -0.2) is 57.0 Å². The number of thiocarbonyl (C=S) groups is 1. The molecule has 182 valence electrons. The van der Waals surface area contributed by atoms with E-state index in [0.29, 0.717) is 27.6 Å². The number of piperazine rings is 1. The largest absolute Gasteiger partial charge is 0.340 e. The van der Waals surface area contributed by atoms with E-state index in [2.05, 4.69) is 59.7 Å². The highest BCUT2D eigenvalue weighted by molar-refractivity contribution is 7.80. The summed E-state index contributed by atoms with van der Waals surface area (Å²) in [5, 5.41) is 7.68. The average molecular weight is 529 g/mol. The summed E-state index contributed by atoms with van der Waals surface area (Å²) in [6.45, 7) is 8.16. The zero-order chi connectivity index (χ0) is 24.8. The van der Waals surface area contributed by atoms with E-state index in [1.807, 2.05) is 26.0 Å². The molecule has 35 heavy (non-hydrogen) atoms. The molecule has 2 N–H and O–H groups in total. The molecule has 3 aromatic rings. The van der Waals surface area contributed by atoms with Crippen molar-refractivity contribution in [2.24, 2.45) is 4.99 Å². The molecule has 0 spiro atoms. The van der Waals surface area contributed by atoms with Crippen LogP contribution in [0.15, 0.2) is 59.6 Å². The second-order valence-corrected chi connectivity index (χ2v) is 9.57. The molecule has 1 fully saturated rings. The van der Waals surface area contributed by atoms with Gasteiger partial charge in [-0.1, -0.05) is 53.5 Å². The fourth-order valence-corrected chi connectivity index (χ4v) is 4.50. The first-order chi connectivity index (χ1) is 16.9. The van der Waals surface area contributed by atoms with Gasteiger partial charge in [-0.15, -0.1) is 0 Å². The van der Waals surface area contributed by atoms with Crippen LogP contribution in [0.4, 0.5) is 11.6 Å². The van der Waals surface area contributed by atoms with Crippen LogP contribution in [0.5, 0.6) is 0 Å². The number of aliphatic imine (C=N–C) groups is 1. The minimum Gasteiger partial charge on any atom is -0.340 e.